The summed E-state index contributed by atoms with van der Waals surface area (Å²) in [6, 6.07) is 5.54. The highest BCUT2D eigenvalue weighted by molar-refractivity contribution is 9.10. The molecule has 0 bridgehead atoms. The van der Waals surface area contributed by atoms with E-state index in [0.717, 1.165) is 11.3 Å². The van der Waals surface area contributed by atoms with E-state index in [0.29, 0.717) is 44.2 Å². The number of fused-ring (bicyclic) bond motifs is 1. The predicted molar refractivity (Wildman–Crippen MR) is 162 cm³/mol. The first-order valence-electron chi connectivity index (χ1n) is 12.5. The highest BCUT2D eigenvalue weighted by Crippen LogP contribution is 2.41. The molecule has 10 nitrogen and oxygen atoms in total. The van der Waals surface area contributed by atoms with Crippen LogP contribution in [0.2, 0.25) is 10.0 Å². The maximum absolute atomic E-state index is 14.0. The van der Waals surface area contributed by atoms with Gasteiger partial charge in [-0.15, -0.1) is 0 Å². The molecule has 1 aromatic heterocycles. The Hall–Kier alpha value is -3.32. The second-order valence-corrected chi connectivity index (χ2v) is 11.4. The van der Waals surface area contributed by atoms with Crippen LogP contribution in [0, 0.1) is 0 Å². The van der Waals surface area contributed by atoms with Crippen molar-refractivity contribution in [2.45, 2.75) is 26.8 Å². The zero-order valence-corrected chi connectivity index (χ0v) is 26.7. The van der Waals surface area contributed by atoms with Gasteiger partial charge in [0.2, 0.25) is 0 Å². The zero-order valence-electron chi connectivity index (χ0n) is 22.8. The smallest absolute Gasteiger partial charge is 0.341 e. The number of ether oxygens (including phenoxy) is 4. The number of allylic oxidation sites excluding steroid dienone is 1. The third kappa shape index (κ3) is 6.36. The highest BCUT2D eigenvalue weighted by Gasteiger charge is 2.35. The number of nitrogens with zero attached hydrogens (tertiary/aromatic N) is 2. The average Bonchev–Trinajstić information content (AvgIpc) is 3.21. The molecule has 222 valence electrons. The van der Waals surface area contributed by atoms with Crippen molar-refractivity contribution >= 4 is 68.5 Å². The van der Waals surface area contributed by atoms with Gasteiger partial charge in [-0.2, -0.15) is 0 Å². The third-order valence-electron chi connectivity index (χ3n) is 6.05. The molecule has 3 aromatic rings. The number of hydrogen-bond donors (Lipinski definition) is 1. The van der Waals surface area contributed by atoms with Crippen molar-refractivity contribution in [3.8, 4) is 17.2 Å². The normalized spacial score (nSPS) is 14.7. The second-order valence-electron chi connectivity index (χ2n) is 8.76. The molecule has 0 spiro atoms. The number of carbonyl (C=O) groups excluding carboxylic acids is 1. The quantitative estimate of drug-likeness (QED) is 0.301. The van der Waals surface area contributed by atoms with Gasteiger partial charge in [0, 0.05) is 4.47 Å². The first-order valence-corrected chi connectivity index (χ1v) is 14.9. The fourth-order valence-corrected chi connectivity index (χ4v) is 6.56. The molecule has 4 rings (SSSR count). The van der Waals surface area contributed by atoms with Crippen molar-refractivity contribution in [1.29, 1.82) is 0 Å². The van der Waals surface area contributed by atoms with E-state index < -0.39 is 30.1 Å². The number of methoxy groups -OCH3 is 1. The highest BCUT2D eigenvalue weighted by atomic mass is 79.9. The van der Waals surface area contributed by atoms with Crippen LogP contribution in [-0.4, -0.2) is 48.5 Å². The van der Waals surface area contributed by atoms with Gasteiger partial charge in [-0.05, 0) is 62.2 Å². The second kappa shape index (κ2) is 13.3. The van der Waals surface area contributed by atoms with Crippen LogP contribution in [0.15, 0.2) is 49.8 Å². The molecule has 0 fully saturated rings. The number of aliphatic carboxylic acids is 1. The van der Waals surface area contributed by atoms with E-state index in [2.05, 4.69) is 20.9 Å². The molecule has 2 heterocycles. The third-order valence-corrected chi connectivity index (χ3v) is 8.28. The largest absolute Gasteiger partial charge is 0.493 e. The molecule has 1 N–H and O–H groups in total. The number of carboxylic acids is 1. The summed E-state index contributed by atoms with van der Waals surface area (Å²) in [4.78, 5) is 43.0. The summed E-state index contributed by atoms with van der Waals surface area (Å²) in [5.41, 5.74) is 1.22. The van der Waals surface area contributed by atoms with Gasteiger partial charge in [-0.25, -0.2) is 14.6 Å². The Bertz CT molecular complexity index is 1760. The van der Waals surface area contributed by atoms with Crippen LogP contribution >= 0.6 is 50.5 Å². The monoisotopic (exact) mass is 698 g/mol. The summed E-state index contributed by atoms with van der Waals surface area (Å²) < 4.78 is 24.1. The van der Waals surface area contributed by atoms with Gasteiger partial charge in [0.05, 0.1) is 52.2 Å². The zero-order chi connectivity index (χ0) is 30.7. The van der Waals surface area contributed by atoms with Gasteiger partial charge in [-0.3, -0.25) is 9.36 Å². The van der Waals surface area contributed by atoms with Crippen molar-refractivity contribution in [3.63, 3.8) is 0 Å². The minimum atomic E-state index is -1.18. The fraction of sp³-hybridized carbons (Fsp3) is 0.286. The lowest BCUT2D eigenvalue weighted by molar-refractivity contribution is -0.140. The van der Waals surface area contributed by atoms with Crippen LogP contribution < -0.4 is 29.1 Å². The number of carbonyl (C=O) groups is 2. The number of aromatic nitrogens is 1. The van der Waals surface area contributed by atoms with Gasteiger partial charge in [-0.1, -0.05) is 50.5 Å². The molecule has 14 heteroatoms. The number of rotatable bonds is 10. The molecule has 1 atom stereocenters. The fourth-order valence-electron chi connectivity index (χ4n) is 4.36. The van der Waals surface area contributed by atoms with Crippen LogP contribution in [0.25, 0.3) is 6.08 Å². The number of thiazole rings is 1. The van der Waals surface area contributed by atoms with E-state index in [9.17, 15) is 14.4 Å². The number of halogens is 3. The molecule has 42 heavy (non-hydrogen) atoms. The maximum Gasteiger partial charge on any atom is 0.341 e. The first kappa shape index (κ1) is 31.6. The Labute approximate surface area is 262 Å². The lowest BCUT2D eigenvalue weighted by Gasteiger charge is -2.26. The van der Waals surface area contributed by atoms with Crippen molar-refractivity contribution in [3.05, 3.63) is 80.9 Å². The van der Waals surface area contributed by atoms with Crippen LogP contribution in [0.4, 0.5) is 0 Å². The van der Waals surface area contributed by atoms with Crippen molar-refractivity contribution < 1.29 is 33.6 Å². The molecule has 0 radical (unpaired) electrons. The summed E-state index contributed by atoms with van der Waals surface area (Å²) in [7, 11) is 1.50. The Morgan fingerprint density at radius 2 is 1.81 bits per heavy atom. The Morgan fingerprint density at radius 1 is 1.12 bits per heavy atom. The Morgan fingerprint density at radius 3 is 2.40 bits per heavy atom. The Balaban J connectivity index is 1.93. The van der Waals surface area contributed by atoms with Crippen LogP contribution in [0.3, 0.4) is 0 Å². The minimum Gasteiger partial charge on any atom is -0.493 e. The lowest BCUT2D eigenvalue weighted by Crippen LogP contribution is -2.40. The predicted octanol–water partition coefficient (Wildman–Crippen LogP) is 4.74. The van der Waals surface area contributed by atoms with E-state index in [4.69, 9.17) is 47.3 Å². The van der Waals surface area contributed by atoms with Crippen molar-refractivity contribution in [2.75, 3.05) is 26.9 Å². The van der Waals surface area contributed by atoms with Crippen LogP contribution in [-0.2, 0) is 14.3 Å². The molecule has 1 aliphatic heterocycles. The van der Waals surface area contributed by atoms with E-state index in [1.54, 1.807) is 32.1 Å². The van der Waals surface area contributed by atoms with E-state index in [-0.39, 0.29) is 32.5 Å². The standard InChI is InChI=1S/C28H25BrCl2N2O8S/c1-5-39-20-11-16(29)15(10-19(20)38-4)24-23(27(37)40-6-2)13(3)32-28-33(24)26(36)21(42-28)9-14-7-17(30)25(18(31)8-14)41-12-22(34)35/h7-11,24H,5-6,12H2,1-4H3,(H,34,35)/b21-9+/t24-/m1/s1. The van der Waals surface area contributed by atoms with Crippen LogP contribution in [0.1, 0.15) is 37.9 Å². The van der Waals surface area contributed by atoms with Gasteiger partial charge < -0.3 is 24.1 Å². The Kier molecular flexibility index (Phi) is 10.0. The van der Waals surface area contributed by atoms with Gasteiger partial charge >= 0.3 is 11.9 Å². The molecule has 0 saturated carbocycles. The molecular weight excluding hydrogens is 675 g/mol. The SMILES string of the molecule is CCOC(=O)C1=C(C)N=c2s/c(=C/c3cc(Cl)c(OCC(=O)O)c(Cl)c3)c(=O)n2[C@@H]1c1cc(OC)c(OCC)cc1Br. The minimum absolute atomic E-state index is 0.0170. The van der Waals surface area contributed by atoms with Crippen LogP contribution in [0.5, 0.6) is 17.2 Å². The first-order chi connectivity index (χ1) is 20.0. The van der Waals surface area contributed by atoms with Crippen molar-refractivity contribution in [1.82, 2.24) is 4.57 Å². The molecule has 0 saturated heterocycles. The van der Waals surface area contributed by atoms with E-state index in [1.165, 1.54) is 23.8 Å². The molecule has 0 aliphatic carbocycles. The topological polar surface area (TPSA) is 126 Å². The van der Waals surface area contributed by atoms with E-state index >= 15 is 0 Å². The van der Waals surface area contributed by atoms with Gasteiger partial charge in [0.15, 0.2) is 28.7 Å². The maximum atomic E-state index is 14.0. The number of benzene rings is 2. The number of esters is 1. The summed E-state index contributed by atoms with van der Waals surface area (Å²) in [5.74, 6) is -0.858. The molecule has 1 aliphatic rings. The lowest BCUT2D eigenvalue weighted by atomic mass is 9.95. The summed E-state index contributed by atoms with van der Waals surface area (Å²) in [5, 5.41) is 9.05. The van der Waals surface area contributed by atoms with E-state index in [1.807, 2.05) is 6.92 Å². The molecule has 0 unspecified atom stereocenters. The number of carboxylic acid groups (broad SMARTS) is 1. The number of hydrogen-bond acceptors (Lipinski definition) is 9. The van der Waals surface area contributed by atoms with Gasteiger partial charge in [0.25, 0.3) is 5.56 Å². The van der Waals surface area contributed by atoms with Gasteiger partial charge in [0.1, 0.15) is 0 Å². The summed E-state index contributed by atoms with van der Waals surface area (Å²) in [6.45, 7) is 5.15. The average molecular weight is 700 g/mol. The molecule has 0 amide bonds. The summed E-state index contributed by atoms with van der Waals surface area (Å²) >= 11 is 17.3. The molecular formula is C28H25BrCl2N2O8S. The summed E-state index contributed by atoms with van der Waals surface area (Å²) in [6.07, 6.45) is 1.58. The molecule has 2 aromatic carbocycles. The van der Waals surface area contributed by atoms with Crippen molar-refractivity contribution in [2.24, 2.45) is 4.99 Å².